The van der Waals surface area contributed by atoms with Crippen LogP contribution in [-0.2, 0) is 18.3 Å². The van der Waals surface area contributed by atoms with Crippen molar-refractivity contribution < 1.29 is 4.79 Å². The van der Waals surface area contributed by atoms with Crippen molar-refractivity contribution in [1.29, 1.82) is 5.26 Å². The van der Waals surface area contributed by atoms with Crippen LogP contribution in [0.15, 0.2) is 85.3 Å². The van der Waals surface area contributed by atoms with E-state index in [0.29, 0.717) is 17.8 Å². The second-order valence-electron chi connectivity index (χ2n) is 8.05. The SMILES string of the molecule is Cn1cc(-c2ccc(NC(=O)C(CNCCc3ccc(C#N)cc3)c3ccccc3)cn2)cn1. The number of nitrogens with one attached hydrogen (secondary N) is 2. The third-order valence-corrected chi connectivity index (χ3v) is 5.57. The highest BCUT2D eigenvalue weighted by Gasteiger charge is 2.20. The molecule has 2 aromatic carbocycles. The molecule has 1 unspecified atom stereocenters. The van der Waals surface area contributed by atoms with Gasteiger partial charge in [0, 0.05) is 25.4 Å². The number of carbonyl (C=O) groups excluding carboxylic acids is 1. The van der Waals surface area contributed by atoms with Crippen LogP contribution in [-0.4, -0.2) is 33.8 Å². The van der Waals surface area contributed by atoms with E-state index >= 15 is 0 Å². The van der Waals surface area contributed by atoms with E-state index in [1.54, 1.807) is 17.1 Å². The van der Waals surface area contributed by atoms with Crippen LogP contribution in [0.2, 0.25) is 0 Å². The Bertz CT molecular complexity index is 1260. The van der Waals surface area contributed by atoms with E-state index in [-0.39, 0.29) is 11.8 Å². The first kappa shape index (κ1) is 22.9. The van der Waals surface area contributed by atoms with E-state index < -0.39 is 0 Å². The van der Waals surface area contributed by atoms with E-state index in [1.807, 2.05) is 80.0 Å². The fourth-order valence-corrected chi connectivity index (χ4v) is 3.69. The molecule has 0 fully saturated rings. The number of amides is 1. The summed E-state index contributed by atoms with van der Waals surface area (Å²) in [5.74, 6) is -0.437. The lowest BCUT2D eigenvalue weighted by Gasteiger charge is -2.18. The summed E-state index contributed by atoms with van der Waals surface area (Å²) in [6.45, 7) is 1.23. The van der Waals surface area contributed by atoms with Crippen LogP contribution in [0.3, 0.4) is 0 Å². The van der Waals surface area contributed by atoms with E-state index in [9.17, 15) is 4.79 Å². The van der Waals surface area contributed by atoms with Gasteiger partial charge >= 0.3 is 0 Å². The molecule has 2 N–H and O–H groups in total. The fraction of sp³-hybridized carbons (Fsp3) is 0.185. The molecule has 34 heavy (non-hydrogen) atoms. The average Bonchev–Trinajstić information content (AvgIpc) is 3.31. The summed E-state index contributed by atoms with van der Waals surface area (Å²) in [5.41, 5.74) is 5.12. The maximum atomic E-state index is 13.2. The number of anilines is 1. The van der Waals surface area contributed by atoms with Crippen molar-refractivity contribution in [1.82, 2.24) is 20.1 Å². The van der Waals surface area contributed by atoms with Gasteiger partial charge in [-0.15, -0.1) is 0 Å². The average molecular weight is 451 g/mol. The van der Waals surface area contributed by atoms with Gasteiger partial charge in [0.05, 0.1) is 41.3 Å². The number of nitriles is 1. The standard InChI is InChI=1S/C27H26N6O/c1-33-19-23(16-31-33)26-12-11-24(17-30-26)32-27(34)25(22-5-3-2-4-6-22)18-29-14-13-20-7-9-21(15-28)10-8-20/h2-12,16-17,19,25,29H,13-14,18H2,1H3,(H,32,34). The van der Waals surface area contributed by atoms with Gasteiger partial charge in [-0.25, -0.2) is 0 Å². The number of aromatic nitrogens is 3. The van der Waals surface area contributed by atoms with Crippen molar-refractivity contribution in [3.63, 3.8) is 0 Å². The van der Waals surface area contributed by atoms with Crippen LogP contribution in [0.25, 0.3) is 11.3 Å². The summed E-state index contributed by atoms with van der Waals surface area (Å²) in [5, 5.41) is 19.5. The molecule has 0 radical (unpaired) electrons. The van der Waals surface area contributed by atoms with Crippen molar-refractivity contribution in [3.05, 3.63) is 102 Å². The summed E-state index contributed by atoms with van der Waals surface area (Å²) in [6.07, 6.45) is 6.14. The number of hydrogen-bond donors (Lipinski definition) is 2. The maximum absolute atomic E-state index is 13.2. The zero-order valence-corrected chi connectivity index (χ0v) is 19.0. The Balaban J connectivity index is 1.38. The highest BCUT2D eigenvalue weighted by molar-refractivity contribution is 5.96. The number of aryl methyl sites for hydroxylation is 1. The van der Waals surface area contributed by atoms with Crippen molar-refractivity contribution in [2.75, 3.05) is 18.4 Å². The Labute approximate surface area is 199 Å². The molecular weight excluding hydrogens is 424 g/mol. The van der Waals surface area contributed by atoms with Crippen LogP contribution >= 0.6 is 0 Å². The molecule has 0 saturated heterocycles. The van der Waals surface area contributed by atoms with Crippen LogP contribution in [0, 0.1) is 11.3 Å². The monoisotopic (exact) mass is 450 g/mol. The molecule has 0 saturated carbocycles. The maximum Gasteiger partial charge on any atom is 0.233 e. The van der Waals surface area contributed by atoms with E-state index in [1.165, 1.54) is 0 Å². The quantitative estimate of drug-likeness (QED) is 0.377. The molecule has 0 aliphatic rings. The fourth-order valence-electron chi connectivity index (χ4n) is 3.69. The molecule has 0 bridgehead atoms. The predicted octanol–water partition coefficient (Wildman–Crippen LogP) is 3.91. The predicted molar refractivity (Wildman–Crippen MR) is 132 cm³/mol. The summed E-state index contributed by atoms with van der Waals surface area (Å²) < 4.78 is 1.73. The van der Waals surface area contributed by atoms with Gasteiger partial charge in [-0.2, -0.15) is 10.4 Å². The van der Waals surface area contributed by atoms with Gasteiger partial charge in [0.15, 0.2) is 0 Å². The molecule has 170 valence electrons. The van der Waals surface area contributed by atoms with Crippen molar-refractivity contribution in [3.8, 4) is 17.3 Å². The Hall–Kier alpha value is -4.28. The number of nitrogens with zero attached hydrogens (tertiary/aromatic N) is 4. The second kappa shape index (κ2) is 11.0. The lowest BCUT2D eigenvalue weighted by Crippen LogP contribution is -2.32. The van der Waals surface area contributed by atoms with Gasteiger partial charge in [0.1, 0.15) is 0 Å². The summed E-state index contributed by atoms with van der Waals surface area (Å²) >= 11 is 0. The highest BCUT2D eigenvalue weighted by atomic mass is 16.1. The van der Waals surface area contributed by atoms with Crippen LogP contribution in [0.1, 0.15) is 22.6 Å². The van der Waals surface area contributed by atoms with E-state index in [4.69, 9.17) is 5.26 Å². The summed E-state index contributed by atoms with van der Waals surface area (Å²) in [7, 11) is 1.86. The molecule has 4 aromatic rings. The molecule has 7 heteroatoms. The third-order valence-electron chi connectivity index (χ3n) is 5.57. The topological polar surface area (TPSA) is 95.6 Å². The molecule has 1 amide bonds. The first-order chi connectivity index (χ1) is 16.6. The highest BCUT2D eigenvalue weighted by Crippen LogP contribution is 2.20. The van der Waals surface area contributed by atoms with Crippen molar-refractivity contribution in [2.45, 2.75) is 12.3 Å². The summed E-state index contributed by atoms with van der Waals surface area (Å²) in [6, 6.07) is 23.2. The van der Waals surface area contributed by atoms with Crippen LogP contribution in [0.5, 0.6) is 0 Å². The van der Waals surface area contributed by atoms with E-state index in [2.05, 4.69) is 26.8 Å². The zero-order chi connectivity index (χ0) is 23.8. The molecule has 7 nitrogen and oxygen atoms in total. The minimum absolute atomic E-state index is 0.0898. The lowest BCUT2D eigenvalue weighted by atomic mass is 9.98. The minimum atomic E-state index is -0.347. The van der Waals surface area contributed by atoms with E-state index in [0.717, 1.165) is 35.3 Å². The van der Waals surface area contributed by atoms with Gasteiger partial charge in [0.2, 0.25) is 5.91 Å². The number of benzene rings is 2. The van der Waals surface area contributed by atoms with Gasteiger partial charge in [0.25, 0.3) is 0 Å². The number of rotatable bonds is 9. The van der Waals surface area contributed by atoms with Gasteiger partial charge < -0.3 is 10.6 Å². The van der Waals surface area contributed by atoms with Gasteiger partial charge in [-0.1, -0.05) is 42.5 Å². The second-order valence-corrected chi connectivity index (χ2v) is 8.05. The minimum Gasteiger partial charge on any atom is -0.324 e. The molecule has 2 heterocycles. The molecular formula is C27H26N6O. The molecule has 0 aliphatic heterocycles. The van der Waals surface area contributed by atoms with Crippen LogP contribution in [0.4, 0.5) is 5.69 Å². The number of carbonyl (C=O) groups is 1. The molecule has 0 aliphatic carbocycles. The largest absolute Gasteiger partial charge is 0.324 e. The van der Waals surface area contributed by atoms with Crippen LogP contribution < -0.4 is 10.6 Å². The molecule has 0 spiro atoms. The number of pyridine rings is 1. The van der Waals surface area contributed by atoms with Gasteiger partial charge in [-0.05, 0) is 48.4 Å². The van der Waals surface area contributed by atoms with Gasteiger partial charge in [-0.3, -0.25) is 14.5 Å². The zero-order valence-electron chi connectivity index (χ0n) is 19.0. The Morgan fingerprint density at radius 1 is 1.06 bits per heavy atom. The Kier molecular flexibility index (Phi) is 7.43. The van der Waals surface area contributed by atoms with Crippen molar-refractivity contribution in [2.24, 2.45) is 7.05 Å². The lowest BCUT2D eigenvalue weighted by molar-refractivity contribution is -0.117. The first-order valence-corrected chi connectivity index (χ1v) is 11.1. The molecule has 1 atom stereocenters. The Morgan fingerprint density at radius 3 is 2.50 bits per heavy atom. The first-order valence-electron chi connectivity index (χ1n) is 11.1. The third kappa shape index (κ3) is 5.94. The molecule has 2 aromatic heterocycles. The number of hydrogen-bond acceptors (Lipinski definition) is 5. The smallest absolute Gasteiger partial charge is 0.233 e. The summed E-state index contributed by atoms with van der Waals surface area (Å²) in [4.78, 5) is 17.6. The normalized spacial score (nSPS) is 11.5. The Morgan fingerprint density at radius 2 is 1.85 bits per heavy atom. The molecule has 4 rings (SSSR count). The van der Waals surface area contributed by atoms with Crippen molar-refractivity contribution >= 4 is 11.6 Å².